The Morgan fingerprint density at radius 3 is 2.48 bits per heavy atom. The predicted octanol–water partition coefficient (Wildman–Crippen LogP) is 3.43. The van der Waals surface area contributed by atoms with Crippen molar-refractivity contribution in [1.82, 2.24) is 5.32 Å². The first-order chi connectivity index (χ1) is 9.55. The molecule has 1 rings (SSSR count). The van der Waals surface area contributed by atoms with Crippen LogP contribution in [0.15, 0.2) is 28.7 Å². The molecule has 3 nitrogen and oxygen atoms in total. The number of rotatable bonds is 7. The molecule has 0 spiro atoms. The molecule has 0 aliphatic rings. The summed E-state index contributed by atoms with van der Waals surface area (Å²) < 4.78 is 23.9. The van der Waals surface area contributed by atoms with Crippen LogP contribution >= 0.6 is 15.9 Å². The van der Waals surface area contributed by atoms with Crippen molar-refractivity contribution in [3.63, 3.8) is 0 Å². The number of hydrogen-bond donors (Lipinski definition) is 1. The summed E-state index contributed by atoms with van der Waals surface area (Å²) >= 11 is 3.48. The molecule has 0 heterocycles. The second kappa shape index (κ2) is 7.75. The summed E-state index contributed by atoms with van der Waals surface area (Å²) in [6, 6.07) is 8.21. The van der Waals surface area contributed by atoms with Crippen molar-refractivity contribution in [2.45, 2.75) is 39.2 Å². The summed E-state index contributed by atoms with van der Waals surface area (Å²) in [5.41, 5.74) is 1.28. The first-order valence-corrected chi connectivity index (χ1v) is 10.1. The van der Waals surface area contributed by atoms with Gasteiger partial charge in [0, 0.05) is 16.3 Å². The lowest BCUT2D eigenvalue weighted by Gasteiger charge is -2.25. The van der Waals surface area contributed by atoms with Gasteiger partial charge >= 0.3 is 0 Å². The maximum Gasteiger partial charge on any atom is 0.147 e. The van der Waals surface area contributed by atoms with Crippen molar-refractivity contribution in [3.05, 3.63) is 34.3 Å². The van der Waals surface area contributed by atoms with Crippen LogP contribution in [0.3, 0.4) is 0 Å². The van der Waals surface area contributed by atoms with Crippen LogP contribution in [0.1, 0.15) is 32.8 Å². The molecule has 0 radical (unpaired) electrons. The van der Waals surface area contributed by atoms with Crippen LogP contribution in [0.2, 0.25) is 0 Å². The van der Waals surface area contributed by atoms with Crippen LogP contribution in [0.5, 0.6) is 0 Å². The van der Waals surface area contributed by atoms with Crippen molar-refractivity contribution < 1.29 is 8.42 Å². The smallest absolute Gasteiger partial charge is 0.147 e. The topological polar surface area (TPSA) is 46.2 Å². The zero-order valence-corrected chi connectivity index (χ0v) is 15.7. The first-order valence-electron chi connectivity index (χ1n) is 7.22. The molecule has 1 aromatic rings. The molecular weight excluding hydrogens is 350 g/mol. The summed E-state index contributed by atoms with van der Waals surface area (Å²) in [7, 11) is -2.91. The van der Waals surface area contributed by atoms with Crippen LogP contribution in [0, 0.1) is 5.92 Å². The minimum Gasteiger partial charge on any atom is -0.312 e. The van der Waals surface area contributed by atoms with E-state index < -0.39 is 9.84 Å². The van der Waals surface area contributed by atoms with Crippen LogP contribution in [0.25, 0.3) is 0 Å². The standard InChI is InChI=1S/C16H26BrNO2S/c1-16(2,3)18-12-14(8-9-21(4,19)20)10-13-6-5-7-15(17)11-13/h5-7,11,14,18H,8-10,12H2,1-4H3. The van der Waals surface area contributed by atoms with E-state index in [-0.39, 0.29) is 11.3 Å². The Morgan fingerprint density at radius 2 is 1.95 bits per heavy atom. The van der Waals surface area contributed by atoms with Crippen LogP contribution < -0.4 is 5.32 Å². The molecule has 0 bridgehead atoms. The fourth-order valence-corrected chi connectivity index (χ4v) is 3.31. The maximum absolute atomic E-state index is 11.4. The molecule has 0 aliphatic heterocycles. The van der Waals surface area contributed by atoms with E-state index in [1.807, 2.05) is 12.1 Å². The summed E-state index contributed by atoms with van der Waals surface area (Å²) in [5.74, 6) is 0.561. The normalized spacial score (nSPS) is 14.1. The number of hydrogen-bond acceptors (Lipinski definition) is 3. The molecule has 0 amide bonds. The van der Waals surface area contributed by atoms with Gasteiger partial charge in [-0.05, 0) is 63.8 Å². The molecule has 0 aromatic heterocycles. The van der Waals surface area contributed by atoms with Gasteiger partial charge in [-0.2, -0.15) is 0 Å². The molecule has 1 N–H and O–H groups in total. The van der Waals surface area contributed by atoms with Crippen molar-refractivity contribution >= 4 is 25.8 Å². The molecular formula is C16H26BrNO2S. The second-order valence-corrected chi connectivity index (χ2v) is 9.92. The monoisotopic (exact) mass is 375 g/mol. The molecule has 120 valence electrons. The SMILES string of the molecule is CC(C)(C)NCC(CCS(C)(=O)=O)Cc1cccc(Br)c1. The average Bonchev–Trinajstić information content (AvgIpc) is 2.30. The quantitative estimate of drug-likeness (QED) is 0.793. The first kappa shape index (κ1) is 18.7. The number of halogens is 1. The summed E-state index contributed by atoms with van der Waals surface area (Å²) in [4.78, 5) is 0. The lowest BCUT2D eigenvalue weighted by molar-refractivity contribution is 0.363. The largest absolute Gasteiger partial charge is 0.312 e. The lowest BCUT2D eigenvalue weighted by atomic mass is 9.95. The van der Waals surface area contributed by atoms with Gasteiger partial charge in [0.15, 0.2) is 0 Å². The van der Waals surface area contributed by atoms with Crippen molar-refractivity contribution in [3.8, 4) is 0 Å². The molecule has 5 heteroatoms. The van der Waals surface area contributed by atoms with Crippen molar-refractivity contribution in [2.75, 3.05) is 18.6 Å². The fourth-order valence-electron chi connectivity index (χ4n) is 2.10. The van der Waals surface area contributed by atoms with Gasteiger partial charge in [-0.1, -0.05) is 28.1 Å². The van der Waals surface area contributed by atoms with E-state index in [4.69, 9.17) is 0 Å². The number of nitrogens with one attached hydrogen (secondary N) is 1. The average molecular weight is 376 g/mol. The van der Waals surface area contributed by atoms with Gasteiger partial charge in [0.1, 0.15) is 9.84 Å². The highest BCUT2D eigenvalue weighted by molar-refractivity contribution is 9.10. The molecule has 0 saturated carbocycles. The van der Waals surface area contributed by atoms with E-state index in [1.54, 1.807) is 0 Å². The Morgan fingerprint density at radius 1 is 1.29 bits per heavy atom. The molecule has 0 saturated heterocycles. The predicted molar refractivity (Wildman–Crippen MR) is 93.4 cm³/mol. The molecule has 1 atom stereocenters. The fraction of sp³-hybridized carbons (Fsp3) is 0.625. The van der Waals surface area contributed by atoms with Crippen LogP contribution in [-0.4, -0.2) is 32.5 Å². The second-order valence-electron chi connectivity index (χ2n) is 6.75. The number of sulfone groups is 1. The highest BCUT2D eigenvalue weighted by Gasteiger charge is 2.17. The van der Waals surface area contributed by atoms with E-state index in [1.165, 1.54) is 11.8 Å². The Balaban J connectivity index is 2.71. The molecule has 1 aromatic carbocycles. The third-order valence-corrected chi connectivity index (χ3v) is 4.70. The lowest BCUT2D eigenvalue weighted by Crippen LogP contribution is -2.40. The summed E-state index contributed by atoms with van der Waals surface area (Å²) in [6.07, 6.45) is 2.88. The Bertz CT molecular complexity index is 550. The summed E-state index contributed by atoms with van der Waals surface area (Å²) in [6.45, 7) is 7.20. The zero-order valence-electron chi connectivity index (χ0n) is 13.3. The van der Waals surface area contributed by atoms with Crippen LogP contribution in [-0.2, 0) is 16.3 Å². The van der Waals surface area contributed by atoms with E-state index in [0.29, 0.717) is 12.3 Å². The van der Waals surface area contributed by atoms with Crippen molar-refractivity contribution in [1.29, 1.82) is 0 Å². The Hall–Kier alpha value is -0.390. The van der Waals surface area contributed by atoms with Gasteiger partial charge < -0.3 is 5.32 Å². The number of benzene rings is 1. The van der Waals surface area contributed by atoms with Crippen LogP contribution in [0.4, 0.5) is 0 Å². The third kappa shape index (κ3) is 9.27. The van der Waals surface area contributed by atoms with Gasteiger partial charge in [0.2, 0.25) is 0 Å². The highest BCUT2D eigenvalue weighted by Crippen LogP contribution is 2.18. The molecule has 21 heavy (non-hydrogen) atoms. The van der Waals surface area contributed by atoms with Gasteiger partial charge in [-0.3, -0.25) is 0 Å². The van der Waals surface area contributed by atoms with Gasteiger partial charge in [0.05, 0.1) is 5.75 Å². The van der Waals surface area contributed by atoms with Gasteiger partial charge in [-0.15, -0.1) is 0 Å². The van der Waals surface area contributed by atoms with Crippen molar-refractivity contribution in [2.24, 2.45) is 5.92 Å². The molecule has 0 aliphatic carbocycles. The van der Waals surface area contributed by atoms with Gasteiger partial charge in [-0.25, -0.2) is 8.42 Å². The molecule has 0 fully saturated rings. The maximum atomic E-state index is 11.4. The molecule has 1 unspecified atom stereocenters. The van der Waals surface area contributed by atoms with E-state index >= 15 is 0 Å². The minimum atomic E-state index is -2.91. The highest BCUT2D eigenvalue weighted by atomic mass is 79.9. The van der Waals surface area contributed by atoms with Gasteiger partial charge in [0.25, 0.3) is 0 Å². The van der Waals surface area contributed by atoms with E-state index in [9.17, 15) is 8.42 Å². The zero-order chi connectivity index (χ0) is 16.1. The summed E-state index contributed by atoms with van der Waals surface area (Å²) in [5, 5.41) is 3.49. The Kier molecular flexibility index (Phi) is 6.88. The van der Waals surface area contributed by atoms with E-state index in [0.717, 1.165) is 17.4 Å². The third-order valence-electron chi connectivity index (χ3n) is 3.23. The minimum absolute atomic E-state index is 0.0423. The Labute approximate surface area is 137 Å². The van der Waals surface area contributed by atoms with E-state index in [2.05, 4.69) is 54.2 Å².